The quantitative estimate of drug-likeness (QED) is 0.656. The van der Waals surface area contributed by atoms with Gasteiger partial charge in [-0.2, -0.15) is 0 Å². The van der Waals surface area contributed by atoms with Crippen LogP contribution in [0, 0.1) is 11.6 Å². The predicted molar refractivity (Wildman–Crippen MR) is 71.7 cm³/mol. The summed E-state index contributed by atoms with van der Waals surface area (Å²) in [7, 11) is 0. The SMILES string of the molecule is CCCCCCCNCCc1cc(F)cc(F)c1. The van der Waals surface area contributed by atoms with Crippen LogP contribution in [0.1, 0.15) is 44.6 Å². The first-order chi connectivity index (χ1) is 8.72. The van der Waals surface area contributed by atoms with Crippen molar-refractivity contribution >= 4 is 0 Å². The Morgan fingerprint density at radius 2 is 1.56 bits per heavy atom. The summed E-state index contributed by atoms with van der Waals surface area (Å²) in [6, 6.07) is 3.70. The number of halogens is 2. The summed E-state index contributed by atoms with van der Waals surface area (Å²) in [6.45, 7) is 3.97. The number of nitrogens with one attached hydrogen (secondary N) is 1. The highest BCUT2D eigenvalue weighted by molar-refractivity contribution is 5.18. The first kappa shape index (κ1) is 15.1. The third kappa shape index (κ3) is 6.70. The molecule has 0 unspecified atom stereocenters. The molecule has 102 valence electrons. The Kier molecular flexibility index (Phi) is 7.58. The van der Waals surface area contributed by atoms with Crippen LogP contribution < -0.4 is 5.32 Å². The van der Waals surface area contributed by atoms with E-state index in [1.165, 1.54) is 44.2 Å². The third-order valence-corrected chi connectivity index (χ3v) is 2.97. The zero-order valence-corrected chi connectivity index (χ0v) is 11.1. The molecule has 0 aliphatic heterocycles. The van der Waals surface area contributed by atoms with Gasteiger partial charge in [-0.25, -0.2) is 8.78 Å². The Bertz CT molecular complexity index is 319. The van der Waals surface area contributed by atoms with Crippen molar-refractivity contribution in [1.82, 2.24) is 5.32 Å². The zero-order valence-electron chi connectivity index (χ0n) is 11.1. The minimum absolute atomic E-state index is 0.496. The van der Waals surface area contributed by atoms with Gasteiger partial charge >= 0.3 is 0 Å². The second-order valence-corrected chi connectivity index (χ2v) is 4.69. The lowest BCUT2D eigenvalue weighted by molar-refractivity contribution is 0.571. The van der Waals surface area contributed by atoms with E-state index in [2.05, 4.69) is 12.2 Å². The van der Waals surface area contributed by atoms with Gasteiger partial charge < -0.3 is 5.32 Å². The highest BCUT2D eigenvalue weighted by Gasteiger charge is 2.00. The minimum Gasteiger partial charge on any atom is -0.316 e. The lowest BCUT2D eigenvalue weighted by atomic mass is 10.1. The van der Waals surface area contributed by atoms with Gasteiger partial charge in [-0.1, -0.05) is 32.6 Å². The van der Waals surface area contributed by atoms with Crippen LogP contribution in [-0.2, 0) is 6.42 Å². The number of unbranched alkanes of at least 4 members (excludes halogenated alkanes) is 4. The Labute approximate surface area is 109 Å². The van der Waals surface area contributed by atoms with Gasteiger partial charge in [0.25, 0.3) is 0 Å². The average molecular weight is 255 g/mol. The van der Waals surface area contributed by atoms with E-state index in [-0.39, 0.29) is 0 Å². The fraction of sp³-hybridized carbons (Fsp3) is 0.600. The molecular formula is C15H23F2N. The minimum atomic E-state index is -0.496. The number of benzene rings is 1. The molecule has 0 atom stereocenters. The van der Waals surface area contributed by atoms with E-state index < -0.39 is 11.6 Å². The van der Waals surface area contributed by atoms with E-state index in [1.54, 1.807) is 0 Å². The molecule has 0 aliphatic rings. The number of hydrogen-bond donors (Lipinski definition) is 1. The van der Waals surface area contributed by atoms with Crippen LogP contribution in [-0.4, -0.2) is 13.1 Å². The number of rotatable bonds is 9. The molecule has 0 radical (unpaired) electrons. The van der Waals surface area contributed by atoms with Crippen molar-refractivity contribution in [1.29, 1.82) is 0 Å². The molecule has 1 aromatic rings. The van der Waals surface area contributed by atoms with Crippen molar-refractivity contribution in [3.63, 3.8) is 0 Å². The summed E-state index contributed by atoms with van der Waals surface area (Å²) in [5, 5.41) is 3.30. The summed E-state index contributed by atoms with van der Waals surface area (Å²) in [5.74, 6) is -0.992. The molecule has 0 bridgehead atoms. The van der Waals surface area contributed by atoms with E-state index in [4.69, 9.17) is 0 Å². The molecule has 0 saturated heterocycles. The monoisotopic (exact) mass is 255 g/mol. The maximum absolute atomic E-state index is 12.9. The van der Waals surface area contributed by atoms with Gasteiger partial charge in [-0.3, -0.25) is 0 Å². The summed E-state index contributed by atoms with van der Waals surface area (Å²) in [6.07, 6.45) is 6.98. The first-order valence-corrected chi connectivity index (χ1v) is 6.88. The maximum atomic E-state index is 12.9. The average Bonchev–Trinajstić information content (AvgIpc) is 2.31. The maximum Gasteiger partial charge on any atom is 0.126 e. The van der Waals surface area contributed by atoms with Gasteiger partial charge in [0.15, 0.2) is 0 Å². The molecule has 1 rings (SSSR count). The van der Waals surface area contributed by atoms with E-state index in [0.29, 0.717) is 12.0 Å². The van der Waals surface area contributed by atoms with Crippen LogP contribution >= 0.6 is 0 Å². The normalized spacial score (nSPS) is 10.8. The number of hydrogen-bond acceptors (Lipinski definition) is 1. The molecule has 0 heterocycles. The van der Waals surface area contributed by atoms with Crippen molar-refractivity contribution in [2.24, 2.45) is 0 Å². The molecule has 0 aliphatic carbocycles. The van der Waals surface area contributed by atoms with Crippen LogP contribution in [0.3, 0.4) is 0 Å². The molecule has 1 nitrogen and oxygen atoms in total. The second kappa shape index (κ2) is 9.03. The Morgan fingerprint density at radius 3 is 2.22 bits per heavy atom. The molecule has 0 amide bonds. The highest BCUT2D eigenvalue weighted by atomic mass is 19.1. The van der Waals surface area contributed by atoms with Gasteiger partial charge in [0, 0.05) is 6.07 Å². The molecule has 0 saturated carbocycles. The topological polar surface area (TPSA) is 12.0 Å². The summed E-state index contributed by atoms with van der Waals surface area (Å²) in [5.41, 5.74) is 0.714. The third-order valence-electron chi connectivity index (χ3n) is 2.97. The standard InChI is InChI=1S/C15H23F2N/c1-2-3-4-5-6-8-18-9-7-13-10-14(16)12-15(17)11-13/h10-12,18H,2-9H2,1H3. The van der Waals surface area contributed by atoms with Crippen LogP contribution in [0.2, 0.25) is 0 Å². The summed E-state index contributed by atoms with van der Waals surface area (Å²) in [4.78, 5) is 0. The van der Waals surface area contributed by atoms with Gasteiger partial charge in [0.1, 0.15) is 11.6 Å². The van der Waals surface area contributed by atoms with E-state index in [9.17, 15) is 8.78 Å². The largest absolute Gasteiger partial charge is 0.316 e. The molecule has 0 spiro atoms. The van der Waals surface area contributed by atoms with E-state index >= 15 is 0 Å². The predicted octanol–water partition coefficient (Wildman–Crippen LogP) is 4.07. The Hall–Kier alpha value is -0.960. The fourth-order valence-electron chi connectivity index (χ4n) is 1.97. The molecule has 0 aromatic heterocycles. The van der Waals surface area contributed by atoms with Crippen LogP contribution in [0.4, 0.5) is 8.78 Å². The lowest BCUT2D eigenvalue weighted by Crippen LogP contribution is -2.18. The van der Waals surface area contributed by atoms with Gasteiger partial charge in [0.2, 0.25) is 0 Å². The molecule has 1 aromatic carbocycles. The van der Waals surface area contributed by atoms with Crippen LogP contribution in [0.5, 0.6) is 0 Å². The smallest absolute Gasteiger partial charge is 0.126 e. The first-order valence-electron chi connectivity index (χ1n) is 6.88. The zero-order chi connectivity index (χ0) is 13.2. The van der Waals surface area contributed by atoms with Crippen LogP contribution in [0.15, 0.2) is 18.2 Å². The van der Waals surface area contributed by atoms with Gasteiger partial charge in [-0.15, -0.1) is 0 Å². The molecular weight excluding hydrogens is 232 g/mol. The van der Waals surface area contributed by atoms with Crippen LogP contribution in [0.25, 0.3) is 0 Å². The molecule has 18 heavy (non-hydrogen) atoms. The van der Waals surface area contributed by atoms with Crippen molar-refractivity contribution in [2.45, 2.75) is 45.4 Å². The molecule has 0 fully saturated rings. The summed E-state index contributed by atoms with van der Waals surface area (Å²) < 4.78 is 25.8. The fourth-order valence-corrected chi connectivity index (χ4v) is 1.97. The lowest BCUT2D eigenvalue weighted by Gasteiger charge is -2.05. The Morgan fingerprint density at radius 1 is 0.889 bits per heavy atom. The molecule has 3 heteroatoms. The van der Waals surface area contributed by atoms with Crippen molar-refractivity contribution in [3.8, 4) is 0 Å². The molecule has 1 N–H and O–H groups in total. The van der Waals surface area contributed by atoms with Gasteiger partial charge in [-0.05, 0) is 43.6 Å². The van der Waals surface area contributed by atoms with Crippen molar-refractivity contribution < 1.29 is 8.78 Å². The van der Waals surface area contributed by atoms with Gasteiger partial charge in [0.05, 0.1) is 0 Å². The highest BCUT2D eigenvalue weighted by Crippen LogP contribution is 2.08. The van der Waals surface area contributed by atoms with E-state index in [0.717, 1.165) is 19.2 Å². The summed E-state index contributed by atoms with van der Waals surface area (Å²) >= 11 is 0. The van der Waals surface area contributed by atoms with Crippen molar-refractivity contribution in [3.05, 3.63) is 35.4 Å². The Balaban J connectivity index is 2.07. The van der Waals surface area contributed by atoms with Crippen molar-refractivity contribution in [2.75, 3.05) is 13.1 Å². The van der Waals surface area contributed by atoms with E-state index in [1.807, 2.05) is 0 Å². The second-order valence-electron chi connectivity index (χ2n) is 4.69.